The maximum absolute atomic E-state index is 13.0. The van der Waals surface area contributed by atoms with Crippen molar-refractivity contribution < 1.29 is 4.79 Å². The molecule has 0 aliphatic carbocycles. The zero-order valence-electron chi connectivity index (χ0n) is 17.6. The molecule has 0 saturated carbocycles. The van der Waals surface area contributed by atoms with Gasteiger partial charge in [-0.2, -0.15) is 0 Å². The number of nitrogens with two attached hydrogens (primary N) is 1. The van der Waals surface area contributed by atoms with Crippen LogP contribution in [0.15, 0.2) is 41.8 Å². The summed E-state index contributed by atoms with van der Waals surface area (Å²) in [5, 5.41) is 3.61. The van der Waals surface area contributed by atoms with Crippen molar-refractivity contribution in [1.82, 2.24) is 4.90 Å². The number of nitrogens with zero attached hydrogens (tertiary/aromatic N) is 1. The largest absolute Gasteiger partial charge is 0.338 e. The van der Waals surface area contributed by atoms with E-state index in [4.69, 9.17) is 5.73 Å². The molecule has 2 aromatic carbocycles. The van der Waals surface area contributed by atoms with E-state index in [1.54, 1.807) is 11.3 Å². The molecule has 3 nitrogen and oxygen atoms in total. The van der Waals surface area contributed by atoms with E-state index in [9.17, 15) is 4.79 Å². The van der Waals surface area contributed by atoms with Crippen molar-refractivity contribution in [2.24, 2.45) is 5.73 Å². The highest BCUT2D eigenvalue weighted by Gasteiger charge is 2.28. The number of carbonyl (C=O) groups is 1. The van der Waals surface area contributed by atoms with Gasteiger partial charge in [0, 0.05) is 28.9 Å². The van der Waals surface area contributed by atoms with E-state index in [2.05, 4.69) is 56.5 Å². The lowest BCUT2D eigenvalue weighted by Crippen LogP contribution is -2.44. The molecule has 1 unspecified atom stereocenters. The maximum Gasteiger partial charge on any atom is 0.254 e. The van der Waals surface area contributed by atoms with E-state index in [0.29, 0.717) is 0 Å². The molecule has 3 aromatic rings. The lowest BCUT2D eigenvalue weighted by Gasteiger charge is -2.33. The Morgan fingerprint density at radius 1 is 1.14 bits per heavy atom. The summed E-state index contributed by atoms with van der Waals surface area (Å²) in [7, 11) is 0. The molecule has 2 N–H and O–H groups in total. The van der Waals surface area contributed by atoms with Gasteiger partial charge in [-0.15, -0.1) is 11.3 Å². The Labute approximate surface area is 177 Å². The molecule has 0 radical (unpaired) electrons. The van der Waals surface area contributed by atoms with Crippen LogP contribution in [0.4, 0.5) is 0 Å². The molecular formula is C25H30N2OS. The van der Waals surface area contributed by atoms with Gasteiger partial charge in [-0.25, -0.2) is 0 Å². The molecule has 1 aliphatic heterocycles. The molecule has 152 valence electrons. The lowest BCUT2D eigenvalue weighted by atomic mass is 9.89. The first-order chi connectivity index (χ1) is 13.9. The SMILES string of the molecule is Cc1ccc2c(c1C)CCN(CCC(C)(N)CCc1csc3ccccc13)C2=O. The Kier molecular flexibility index (Phi) is 5.50. The average Bonchev–Trinajstić information content (AvgIpc) is 3.12. The number of hydrogen-bond donors (Lipinski definition) is 1. The summed E-state index contributed by atoms with van der Waals surface area (Å²) in [6.45, 7) is 7.88. The fourth-order valence-electron chi connectivity index (χ4n) is 4.29. The number of amides is 1. The van der Waals surface area contributed by atoms with E-state index in [-0.39, 0.29) is 11.4 Å². The topological polar surface area (TPSA) is 46.3 Å². The third-order valence-electron chi connectivity index (χ3n) is 6.50. The molecule has 0 fully saturated rings. The van der Waals surface area contributed by atoms with Crippen molar-refractivity contribution in [3.05, 3.63) is 69.6 Å². The monoisotopic (exact) mass is 406 g/mol. The van der Waals surface area contributed by atoms with Crippen LogP contribution in [0.5, 0.6) is 0 Å². The molecule has 1 aromatic heterocycles. The van der Waals surface area contributed by atoms with Gasteiger partial charge in [-0.05, 0) is 91.6 Å². The van der Waals surface area contributed by atoms with E-state index >= 15 is 0 Å². The van der Waals surface area contributed by atoms with Gasteiger partial charge in [0.05, 0.1) is 0 Å². The zero-order valence-corrected chi connectivity index (χ0v) is 18.4. The van der Waals surface area contributed by atoms with Gasteiger partial charge in [0.1, 0.15) is 0 Å². The Hall–Kier alpha value is -2.17. The predicted molar refractivity (Wildman–Crippen MR) is 123 cm³/mol. The summed E-state index contributed by atoms with van der Waals surface area (Å²) >= 11 is 1.80. The van der Waals surface area contributed by atoms with Crippen LogP contribution in [0.25, 0.3) is 10.1 Å². The van der Waals surface area contributed by atoms with Crippen LogP contribution < -0.4 is 5.73 Å². The first-order valence-corrected chi connectivity index (χ1v) is 11.4. The fourth-order valence-corrected chi connectivity index (χ4v) is 5.29. The van der Waals surface area contributed by atoms with E-state index in [1.807, 2.05) is 11.0 Å². The van der Waals surface area contributed by atoms with E-state index in [0.717, 1.165) is 44.3 Å². The van der Waals surface area contributed by atoms with E-state index < -0.39 is 0 Å². The van der Waals surface area contributed by atoms with Crippen LogP contribution in [0, 0.1) is 13.8 Å². The average molecular weight is 407 g/mol. The highest BCUT2D eigenvalue weighted by atomic mass is 32.1. The minimum atomic E-state index is -0.285. The first kappa shape index (κ1) is 20.1. The normalized spacial score (nSPS) is 16.1. The number of thiophene rings is 1. The Morgan fingerprint density at radius 2 is 1.93 bits per heavy atom. The molecule has 0 saturated heterocycles. The van der Waals surface area contributed by atoms with Crippen molar-refractivity contribution >= 4 is 27.3 Å². The summed E-state index contributed by atoms with van der Waals surface area (Å²) < 4.78 is 1.34. The van der Waals surface area contributed by atoms with Crippen molar-refractivity contribution in [2.75, 3.05) is 13.1 Å². The molecule has 4 heteroatoms. The second kappa shape index (κ2) is 7.92. The van der Waals surface area contributed by atoms with Crippen LogP contribution in [-0.4, -0.2) is 29.4 Å². The van der Waals surface area contributed by atoms with Gasteiger partial charge >= 0.3 is 0 Å². The Bertz CT molecular complexity index is 1050. The van der Waals surface area contributed by atoms with Gasteiger partial charge in [0.2, 0.25) is 0 Å². The van der Waals surface area contributed by atoms with Gasteiger partial charge in [-0.1, -0.05) is 24.3 Å². The standard InChI is InChI=1S/C25H30N2OS/c1-17-8-9-22-20(18(17)2)11-14-27(24(22)28)15-13-25(3,26)12-10-19-16-29-23-7-5-4-6-21(19)23/h4-9,16H,10-15,26H2,1-3H3. The zero-order chi connectivity index (χ0) is 20.6. The highest BCUT2D eigenvalue weighted by molar-refractivity contribution is 7.17. The summed E-state index contributed by atoms with van der Waals surface area (Å²) in [5.74, 6) is 0.161. The third kappa shape index (κ3) is 4.10. The number of fused-ring (bicyclic) bond motifs is 2. The predicted octanol–water partition coefficient (Wildman–Crippen LogP) is 5.26. The second-order valence-electron chi connectivity index (χ2n) is 8.74. The number of rotatable bonds is 6. The first-order valence-electron chi connectivity index (χ1n) is 10.5. The third-order valence-corrected chi connectivity index (χ3v) is 7.51. The van der Waals surface area contributed by atoms with Crippen LogP contribution >= 0.6 is 11.3 Å². The summed E-state index contributed by atoms with van der Waals surface area (Å²) in [5.41, 5.74) is 12.4. The van der Waals surface area contributed by atoms with Crippen molar-refractivity contribution in [1.29, 1.82) is 0 Å². The molecular weight excluding hydrogens is 376 g/mol. The van der Waals surface area contributed by atoms with Crippen molar-refractivity contribution in [2.45, 2.75) is 52.0 Å². The minimum absolute atomic E-state index is 0.161. The van der Waals surface area contributed by atoms with Gasteiger partial charge in [-0.3, -0.25) is 4.79 Å². The number of aryl methyl sites for hydroxylation is 2. The fraction of sp³-hybridized carbons (Fsp3) is 0.400. The molecule has 1 atom stereocenters. The smallest absolute Gasteiger partial charge is 0.254 e. The molecule has 0 bridgehead atoms. The van der Waals surface area contributed by atoms with Crippen LogP contribution in [0.3, 0.4) is 0 Å². The summed E-state index contributed by atoms with van der Waals surface area (Å²) in [6.07, 6.45) is 3.66. The quantitative estimate of drug-likeness (QED) is 0.607. The van der Waals surface area contributed by atoms with E-state index in [1.165, 1.54) is 32.3 Å². The van der Waals surface area contributed by atoms with Gasteiger partial charge in [0.25, 0.3) is 5.91 Å². The number of carbonyl (C=O) groups excluding carboxylic acids is 1. The highest BCUT2D eigenvalue weighted by Crippen LogP contribution is 2.29. The molecule has 4 rings (SSSR count). The van der Waals surface area contributed by atoms with Gasteiger partial charge in [0.15, 0.2) is 0 Å². The number of benzene rings is 2. The Balaban J connectivity index is 1.38. The Morgan fingerprint density at radius 3 is 2.76 bits per heavy atom. The molecule has 1 aliphatic rings. The van der Waals surface area contributed by atoms with Crippen molar-refractivity contribution in [3.63, 3.8) is 0 Å². The van der Waals surface area contributed by atoms with Crippen LogP contribution in [0.1, 0.15) is 52.4 Å². The molecule has 1 amide bonds. The van der Waals surface area contributed by atoms with Crippen molar-refractivity contribution in [3.8, 4) is 0 Å². The summed E-state index contributed by atoms with van der Waals surface area (Å²) in [6, 6.07) is 12.6. The number of hydrogen-bond acceptors (Lipinski definition) is 3. The molecule has 2 heterocycles. The maximum atomic E-state index is 13.0. The second-order valence-corrected chi connectivity index (χ2v) is 9.65. The molecule has 29 heavy (non-hydrogen) atoms. The summed E-state index contributed by atoms with van der Waals surface area (Å²) in [4.78, 5) is 15.0. The minimum Gasteiger partial charge on any atom is -0.338 e. The van der Waals surface area contributed by atoms with Crippen LogP contribution in [-0.2, 0) is 12.8 Å². The lowest BCUT2D eigenvalue weighted by molar-refractivity contribution is 0.0726. The molecule has 0 spiro atoms. The van der Waals surface area contributed by atoms with Crippen LogP contribution in [0.2, 0.25) is 0 Å². The van der Waals surface area contributed by atoms with Gasteiger partial charge < -0.3 is 10.6 Å².